The summed E-state index contributed by atoms with van der Waals surface area (Å²) in [7, 11) is 1.54. The summed E-state index contributed by atoms with van der Waals surface area (Å²) >= 11 is 12.6. The number of benzene rings is 2. The molecule has 0 amide bonds. The quantitative estimate of drug-likeness (QED) is 0.287. The molecule has 7 nitrogen and oxygen atoms in total. The van der Waals surface area contributed by atoms with Crippen LogP contribution in [0.1, 0.15) is 18.2 Å². The summed E-state index contributed by atoms with van der Waals surface area (Å²) in [6.07, 6.45) is 1.55. The second kappa shape index (κ2) is 11.0. The maximum Gasteiger partial charge on any atom is 0.139 e. The zero-order chi connectivity index (χ0) is 25.9. The zero-order valence-electron chi connectivity index (χ0n) is 20.7. The van der Waals surface area contributed by atoms with Crippen molar-refractivity contribution in [3.05, 3.63) is 70.0 Å². The molecule has 1 aliphatic heterocycles. The van der Waals surface area contributed by atoms with E-state index in [0.717, 1.165) is 67.3 Å². The lowest BCUT2D eigenvalue weighted by molar-refractivity contribution is 0.125. The van der Waals surface area contributed by atoms with Crippen LogP contribution in [-0.4, -0.2) is 54.6 Å². The van der Waals surface area contributed by atoms with Crippen molar-refractivity contribution in [1.82, 2.24) is 14.8 Å². The summed E-state index contributed by atoms with van der Waals surface area (Å²) in [5.74, 6) is 2.21. The van der Waals surface area contributed by atoms with Crippen LogP contribution in [0.25, 0.3) is 22.2 Å². The Morgan fingerprint density at radius 2 is 1.84 bits per heavy atom. The number of furan rings is 1. The molecule has 4 aromatic rings. The monoisotopic (exact) mass is 535 g/mol. The van der Waals surface area contributed by atoms with Gasteiger partial charge in [0.2, 0.25) is 0 Å². The number of likely N-dealkylation sites (N-methyl/N-ethyl adjacent to an activating group) is 1. The van der Waals surface area contributed by atoms with Crippen molar-refractivity contribution >= 4 is 45.5 Å². The van der Waals surface area contributed by atoms with E-state index < -0.39 is 0 Å². The van der Waals surface area contributed by atoms with Crippen molar-refractivity contribution in [3.8, 4) is 23.1 Å². The van der Waals surface area contributed by atoms with Crippen LogP contribution >= 0.6 is 23.2 Å². The van der Waals surface area contributed by atoms with Gasteiger partial charge >= 0.3 is 0 Å². The first-order valence-corrected chi connectivity index (χ1v) is 12.9. The molecular weight excluding hydrogens is 509 g/mol. The number of methoxy groups -OCH3 is 1. The van der Waals surface area contributed by atoms with Crippen molar-refractivity contribution in [1.29, 1.82) is 5.26 Å². The van der Waals surface area contributed by atoms with Crippen molar-refractivity contribution in [2.45, 2.75) is 13.5 Å². The first kappa shape index (κ1) is 25.4. The fourth-order valence-corrected chi connectivity index (χ4v) is 5.09. The lowest BCUT2D eigenvalue weighted by atomic mass is 10.1. The van der Waals surface area contributed by atoms with E-state index in [4.69, 9.17) is 32.4 Å². The Labute approximate surface area is 226 Å². The average Bonchev–Trinajstić information content (AvgIpc) is 3.38. The molecule has 0 saturated carbocycles. The normalized spacial score (nSPS) is 14.6. The summed E-state index contributed by atoms with van der Waals surface area (Å²) in [6.45, 7) is 8.38. The number of anilines is 2. The Balaban J connectivity index is 1.41. The van der Waals surface area contributed by atoms with Gasteiger partial charge in [-0.1, -0.05) is 36.2 Å². The highest BCUT2D eigenvalue weighted by atomic mass is 35.5. The minimum atomic E-state index is 0.397. The average molecular weight is 536 g/mol. The maximum atomic E-state index is 9.74. The van der Waals surface area contributed by atoms with Crippen LogP contribution in [0.3, 0.4) is 0 Å². The van der Waals surface area contributed by atoms with Gasteiger partial charge in [-0.25, -0.2) is 0 Å². The molecule has 1 fully saturated rings. The van der Waals surface area contributed by atoms with Crippen LogP contribution in [0.4, 0.5) is 11.4 Å². The van der Waals surface area contributed by atoms with Gasteiger partial charge in [-0.3, -0.25) is 9.88 Å². The van der Waals surface area contributed by atoms with E-state index in [2.05, 4.69) is 33.1 Å². The number of ether oxygens (including phenoxy) is 1. The van der Waals surface area contributed by atoms with Gasteiger partial charge < -0.3 is 19.4 Å². The Morgan fingerprint density at radius 3 is 2.57 bits per heavy atom. The largest absolute Gasteiger partial charge is 0.495 e. The third-order valence-corrected chi connectivity index (χ3v) is 7.34. The standard InChI is InChI=1S/C28H27Cl2N5O2/c1-3-34-8-10-35(11-9-34)17-20-5-7-26(37-20)18-4-6-21-24(12-18)32-16-19(15-31)28(21)33-25-14-27(36-2)23(30)13-22(25)29/h4-7,12-14,16H,3,8-11,17H2,1-2H3,(H,32,33). The lowest BCUT2D eigenvalue weighted by Crippen LogP contribution is -2.45. The van der Waals surface area contributed by atoms with Crippen LogP contribution in [0.15, 0.2) is 53.1 Å². The molecule has 2 aromatic heterocycles. The molecule has 190 valence electrons. The molecule has 0 aliphatic carbocycles. The van der Waals surface area contributed by atoms with E-state index in [0.29, 0.717) is 32.7 Å². The van der Waals surface area contributed by atoms with Gasteiger partial charge in [0, 0.05) is 49.4 Å². The first-order valence-electron chi connectivity index (χ1n) is 12.2. The minimum absolute atomic E-state index is 0.397. The fourth-order valence-electron chi connectivity index (χ4n) is 4.58. The van der Waals surface area contributed by atoms with E-state index >= 15 is 0 Å². The van der Waals surface area contributed by atoms with Gasteiger partial charge in [0.15, 0.2) is 0 Å². The highest BCUT2D eigenvalue weighted by molar-refractivity contribution is 6.37. The molecule has 9 heteroatoms. The number of nitrogens with one attached hydrogen (secondary N) is 1. The van der Waals surface area contributed by atoms with E-state index in [1.165, 1.54) is 7.11 Å². The summed E-state index contributed by atoms with van der Waals surface area (Å²) in [6, 6.07) is 15.4. The Hall–Kier alpha value is -3.28. The number of piperazine rings is 1. The van der Waals surface area contributed by atoms with Gasteiger partial charge in [-0.2, -0.15) is 5.26 Å². The number of pyridine rings is 1. The van der Waals surface area contributed by atoms with E-state index in [1.807, 2.05) is 30.3 Å². The summed E-state index contributed by atoms with van der Waals surface area (Å²) in [4.78, 5) is 9.42. The number of hydrogen-bond donors (Lipinski definition) is 1. The van der Waals surface area contributed by atoms with Crippen LogP contribution < -0.4 is 10.1 Å². The van der Waals surface area contributed by atoms with Gasteiger partial charge in [0.05, 0.1) is 46.2 Å². The molecular formula is C28H27Cl2N5O2. The zero-order valence-corrected chi connectivity index (χ0v) is 22.2. The molecule has 0 bridgehead atoms. The molecule has 1 N–H and O–H groups in total. The number of nitriles is 1. The number of hydrogen-bond acceptors (Lipinski definition) is 7. The summed E-state index contributed by atoms with van der Waals surface area (Å²) in [5.41, 5.74) is 3.23. The number of nitrogens with zero attached hydrogens (tertiary/aromatic N) is 4. The molecule has 37 heavy (non-hydrogen) atoms. The molecule has 0 atom stereocenters. The highest BCUT2D eigenvalue weighted by Crippen LogP contribution is 2.38. The third kappa shape index (κ3) is 5.39. The SMILES string of the molecule is CCN1CCN(Cc2ccc(-c3ccc4c(Nc5cc(OC)c(Cl)cc5Cl)c(C#N)cnc4c3)o2)CC1. The van der Waals surface area contributed by atoms with Crippen LogP contribution in [0.5, 0.6) is 5.75 Å². The van der Waals surface area contributed by atoms with Crippen molar-refractivity contribution in [2.75, 3.05) is 45.2 Å². The molecule has 1 saturated heterocycles. The minimum Gasteiger partial charge on any atom is -0.495 e. The van der Waals surface area contributed by atoms with Gasteiger partial charge in [-0.15, -0.1) is 0 Å². The van der Waals surface area contributed by atoms with Crippen molar-refractivity contribution in [2.24, 2.45) is 0 Å². The second-order valence-corrected chi connectivity index (χ2v) is 9.77. The molecule has 3 heterocycles. The fraction of sp³-hybridized carbons (Fsp3) is 0.286. The number of rotatable bonds is 7. The highest BCUT2D eigenvalue weighted by Gasteiger charge is 2.18. The number of aromatic nitrogens is 1. The van der Waals surface area contributed by atoms with Gasteiger partial charge in [0.1, 0.15) is 23.3 Å². The topological polar surface area (TPSA) is 77.6 Å². The number of halogens is 2. The lowest BCUT2D eigenvalue weighted by Gasteiger charge is -2.33. The first-order chi connectivity index (χ1) is 18.0. The maximum absolute atomic E-state index is 9.74. The Kier molecular flexibility index (Phi) is 7.54. The molecule has 0 radical (unpaired) electrons. The Morgan fingerprint density at radius 1 is 1.05 bits per heavy atom. The molecule has 5 rings (SSSR count). The van der Waals surface area contributed by atoms with Crippen molar-refractivity contribution in [3.63, 3.8) is 0 Å². The molecule has 0 unspecified atom stereocenters. The molecule has 0 spiro atoms. The van der Waals surface area contributed by atoms with Crippen molar-refractivity contribution < 1.29 is 9.15 Å². The molecule has 1 aliphatic rings. The predicted molar refractivity (Wildman–Crippen MR) is 148 cm³/mol. The third-order valence-electron chi connectivity index (χ3n) is 6.73. The Bertz CT molecular complexity index is 1470. The summed E-state index contributed by atoms with van der Waals surface area (Å²) < 4.78 is 11.5. The van der Waals surface area contributed by atoms with E-state index in [1.54, 1.807) is 18.3 Å². The smallest absolute Gasteiger partial charge is 0.139 e. The second-order valence-electron chi connectivity index (χ2n) is 8.96. The summed E-state index contributed by atoms with van der Waals surface area (Å²) in [5, 5.41) is 14.6. The van der Waals surface area contributed by atoms with E-state index in [-0.39, 0.29) is 0 Å². The van der Waals surface area contributed by atoms with E-state index in [9.17, 15) is 5.26 Å². The number of fused-ring (bicyclic) bond motifs is 1. The molecule has 2 aromatic carbocycles. The van der Waals surface area contributed by atoms with Gasteiger partial charge in [-0.05, 0) is 36.9 Å². The van der Waals surface area contributed by atoms with Crippen LogP contribution in [-0.2, 0) is 6.54 Å². The predicted octanol–water partition coefficient (Wildman–Crippen LogP) is 6.56. The van der Waals surface area contributed by atoms with Crippen LogP contribution in [0, 0.1) is 11.3 Å². The van der Waals surface area contributed by atoms with Gasteiger partial charge in [0.25, 0.3) is 0 Å². The van der Waals surface area contributed by atoms with Crippen LogP contribution in [0.2, 0.25) is 10.0 Å².